The molecule has 3 rings (SSSR count). The van der Waals surface area contributed by atoms with Crippen LogP contribution in [0.5, 0.6) is 11.5 Å². The van der Waals surface area contributed by atoms with Gasteiger partial charge < -0.3 is 35.5 Å². The summed E-state index contributed by atoms with van der Waals surface area (Å²) in [5.74, 6) is -3.95. The number of benzene rings is 1. The quantitative estimate of drug-likeness (QED) is 0.275. The molecule has 4 atom stereocenters. The lowest BCUT2D eigenvalue weighted by molar-refractivity contribution is -0.163. The van der Waals surface area contributed by atoms with Crippen molar-refractivity contribution in [2.45, 2.75) is 26.0 Å². The van der Waals surface area contributed by atoms with Crippen molar-refractivity contribution < 1.29 is 34.8 Å². The Hall–Kier alpha value is -2.82. The summed E-state index contributed by atoms with van der Waals surface area (Å²) in [6.45, 7) is 4.22. The molecule has 174 valence electrons. The van der Waals surface area contributed by atoms with Gasteiger partial charge in [-0.25, -0.2) is 4.79 Å². The summed E-state index contributed by atoms with van der Waals surface area (Å²) in [7, 11) is 1.76. The van der Waals surface area contributed by atoms with Crippen LogP contribution in [0.2, 0.25) is 5.02 Å². The van der Waals surface area contributed by atoms with Gasteiger partial charge in [-0.1, -0.05) is 18.5 Å². The van der Waals surface area contributed by atoms with Gasteiger partial charge in [0.05, 0.1) is 28.6 Å². The minimum atomic E-state index is -1.18. The number of carboxylic acids is 1. The Labute approximate surface area is 189 Å². The number of nitrogens with zero attached hydrogens (tertiary/aromatic N) is 2. The summed E-state index contributed by atoms with van der Waals surface area (Å²) in [6, 6.07) is 2.08. The molecule has 0 aromatic heterocycles. The van der Waals surface area contributed by atoms with Gasteiger partial charge in [0.25, 0.3) is 5.91 Å². The molecule has 0 bridgehead atoms. The van der Waals surface area contributed by atoms with Gasteiger partial charge in [-0.3, -0.25) is 9.59 Å². The van der Waals surface area contributed by atoms with E-state index in [2.05, 4.69) is 5.32 Å². The summed E-state index contributed by atoms with van der Waals surface area (Å²) in [5.41, 5.74) is 0.572. The lowest BCUT2D eigenvalue weighted by Gasteiger charge is -2.46. The normalized spacial score (nSPS) is 23.2. The smallest absolute Gasteiger partial charge is 0.352 e. The number of hydrogen-bond donors (Lipinski definition) is 5. The fraction of sp³-hybridized carbons (Fsp3) is 0.476. The molecule has 3 unspecified atom stereocenters. The second-order valence-corrected chi connectivity index (χ2v) is 8.60. The highest BCUT2D eigenvalue weighted by molar-refractivity contribution is 6.35. The molecule has 5 N–H and O–H groups in total. The number of aliphatic hydroxyl groups excluding tert-OH is 1. The topological polar surface area (TPSA) is 151 Å². The SMILES string of the molecule is CC(O)C1C(=O)N2C(C(=O)O)=C(CN(C)CCNC(=O)c3ccc(O)c(O)c3Cl)[C@H](C)C12. The van der Waals surface area contributed by atoms with Crippen LogP contribution in [0.1, 0.15) is 24.2 Å². The molecular weight excluding hydrogens is 442 g/mol. The molecule has 32 heavy (non-hydrogen) atoms. The minimum Gasteiger partial charge on any atom is -0.504 e. The van der Waals surface area contributed by atoms with E-state index in [1.165, 1.54) is 17.9 Å². The molecule has 0 aliphatic carbocycles. The van der Waals surface area contributed by atoms with E-state index in [0.29, 0.717) is 12.1 Å². The number of aromatic hydroxyl groups is 2. The van der Waals surface area contributed by atoms with Gasteiger partial charge in [-0.2, -0.15) is 0 Å². The van der Waals surface area contributed by atoms with E-state index in [0.717, 1.165) is 6.07 Å². The minimum absolute atomic E-state index is 0.0111. The van der Waals surface area contributed by atoms with E-state index in [1.807, 2.05) is 11.8 Å². The molecule has 10 nitrogen and oxygen atoms in total. The zero-order chi connectivity index (χ0) is 23.9. The first-order chi connectivity index (χ1) is 15.0. The van der Waals surface area contributed by atoms with Crippen molar-refractivity contribution in [3.8, 4) is 11.5 Å². The molecule has 1 saturated heterocycles. The molecular formula is C21H26ClN3O7. The lowest BCUT2D eigenvalue weighted by atomic mass is 9.77. The van der Waals surface area contributed by atoms with Crippen LogP contribution in [0.4, 0.5) is 0 Å². The second-order valence-electron chi connectivity index (χ2n) is 8.22. The highest BCUT2D eigenvalue weighted by Gasteiger charge is 2.59. The van der Waals surface area contributed by atoms with Crippen LogP contribution in [0, 0.1) is 11.8 Å². The molecule has 0 saturated carbocycles. The maximum atomic E-state index is 12.4. The number of β-lactam (4-membered cyclic amide) rings is 1. The van der Waals surface area contributed by atoms with Gasteiger partial charge in [-0.05, 0) is 31.7 Å². The average Bonchev–Trinajstić information content (AvgIpc) is 2.94. The Morgan fingerprint density at radius 2 is 1.97 bits per heavy atom. The third-order valence-electron chi connectivity index (χ3n) is 6.08. The van der Waals surface area contributed by atoms with E-state index in [4.69, 9.17) is 11.6 Å². The number of carbonyl (C=O) groups is 3. The van der Waals surface area contributed by atoms with Gasteiger partial charge in [0, 0.05) is 25.6 Å². The van der Waals surface area contributed by atoms with Crippen LogP contribution in [0.15, 0.2) is 23.4 Å². The summed E-state index contributed by atoms with van der Waals surface area (Å²) >= 11 is 5.90. The molecule has 1 aromatic carbocycles. The number of aliphatic hydroxyl groups is 1. The van der Waals surface area contributed by atoms with Crippen molar-refractivity contribution >= 4 is 29.4 Å². The highest BCUT2D eigenvalue weighted by atomic mass is 35.5. The van der Waals surface area contributed by atoms with E-state index in [1.54, 1.807) is 7.05 Å². The zero-order valence-corrected chi connectivity index (χ0v) is 18.6. The van der Waals surface area contributed by atoms with Crippen LogP contribution in [0.3, 0.4) is 0 Å². The number of aliphatic carboxylic acids is 1. The van der Waals surface area contributed by atoms with Crippen molar-refractivity contribution in [3.05, 3.63) is 34.0 Å². The molecule has 2 aliphatic rings. The molecule has 2 aliphatic heterocycles. The Kier molecular flexibility index (Phi) is 6.68. The predicted molar refractivity (Wildman–Crippen MR) is 114 cm³/mol. The number of nitrogens with one attached hydrogen (secondary N) is 1. The van der Waals surface area contributed by atoms with E-state index in [-0.39, 0.29) is 47.2 Å². The van der Waals surface area contributed by atoms with Gasteiger partial charge in [-0.15, -0.1) is 0 Å². The Morgan fingerprint density at radius 3 is 2.56 bits per heavy atom. The standard InChI is InChI=1S/C21H26ClN3O7/c1-9-12(17(21(31)32)25-16(9)14(10(2)26)20(25)30)8-24(3)7-6-23-19(29)11-4-5-13(27)18(28)15(11)22/h4-5,9-10,14,16,26-28H,6-8H2,1-3H3,(H,23,29)(H,31,32)/t9-,10?,14?,16?/m0/s1. The third kappa shape index (κ3) is 4.01. The van der Waals surface area contributed by atoms with E-state index < -0.39 is 35.4 Å². The van der Waals surface area contributed by atoms with Gasteiger partial charge >= 0.3 is 5.97 Å². The highest BCUT2D eigenvalue weighted by Crippen LogP contribution is 2.47. The molecule has 1 fully saturated rings. The molecule has 0 spiro atoms. The summed E-state index contributed by atoms with van der Waals surface area (Å²) in [4.78, 5) is 39.7. The van der Waals surface area contributed by atoms with Crippen molar-refractivity contribution in [3.63, 3.8) is 0 Å². The maximum Gasteiger partial charge on any atom is 0.352 e. The zero-order valence-electron chi connectivity index (χ0n) is 17.9. The monoisotopic (exact) mass is 467 g/mol. The van der Waals surface area contributed by atoms with Crippen molar-refractivity contribution in [1.29, 1.82) is 0 Å². The predicted octanol–water partition coefficient (Wildman–Crippen LogP) is 0.609. The van der Waals surface area contributed by atoms with Crippen molar-refractivity contribution in [2.24, 2.45) is 11.8 Å². The molecule has 1 aromatic rings. The van der Waals surface area contributed by atoms with E-state index >= 15 is 0 Å². The first-order valence-electron chi connectivity index (χ1n) is 10.1. The number of likely N-dealkylation sites (N-methyl/N-ethyl adjacent to an activating group) is 1. The summed E-state index contributed by atoms with van der Waals surface area (Å²) in [5, 5.41) is 41.1. The van der Waals surface area contributed by atoms with Crippen molar-refractivity contribution in [1.82, 2.24) is 15.1 Å². The molecule has 2 amide bonds. The summed E-state index contributed by atoms with van der Waals surface area (Å²) in [6.07, 6.45) is -0.861. The largest absolute Gasteiger partial charge is 0.504 e. The number of phenols is 2. The second kappa shape index (κ2) is 8.97. The average molecular weight is 468 g/mol. The first-order valence-corrected chi connectivity index (χ1v) is 10.5. The Balaban J connectivity index is 1.63. The fourth-order valence-corrected chi connectivity index (χ4v) is 4.65. The van der Waals surface area contributed by atoms with Gasteiger partial charge in [0.1, 0.15) is 5.70 Å². The Bertz CT molecular complexity index is 994. The molecule has 0 radical (unpaired) electrons. The first kappa shape index (κ1) is 23.8. The van der Waals surface area contributed by atoms with Gasteiger partial charge in [0.2, 0.25) is 5.91 Å². The number of amides is 2. The summed E-state index contributed by atoms with van der Waals surface area (Å²) < 4.78 is 0. The number of carbonyl (C=O) groups excluding carboxylic acids is 2. The number of carboxylic acid groups (broad SMARTS) is 1. The number of rotatable bonds is 8. The number of phenolic OH excluding ortho intramolecular Hbond substituents is 2. The van der Waals surface area contributed by atoms with Crippen LogP contribution in [0.25, 0.3) is 0 Å². The van der Waals surface area contributed by atoms with Crippen LogP contribution in [-0.4, -0.2) is 86.8 Å². The third-order valence-corrected chi connectivity index (χ3v) is 6.46. The van der Waals surface area contributed by atoms with Crippen molar-refractivity contribution in [2.75, 3.05) is 26.7 Å². The lowest BCUT2D eigenvalue weighted by Crippen LogP contribution is -2.63. The van der Waals surface area contributed by atoms with Crippen LogP contribution < -0.4 is 5.32 Å². The van der Waals surface area contributed by atoms with Crippen LogP contribution >= 0.6 is 11.6 Å². The molecule has 11 heteroatoms. The maximum absolute atomic E-state index is 12.4. The van der Waals surface area contributed by atoms with Gasteiger partial charge in [0.15, 0.2) is 11.5 Å². The van der Waals surface area contributed by atoms with E-state index in [9.17, 15) is 34.8 Å². The number of fused-ring (bicyclic) bond motifs is 1. The Morgan fingerprint density at radius 1 is 1.31 bits per heavy atom. The number of halogens is 1. The fourth-order valence-electron chi connectivity index (χ4n) is 4.41. The van der Waals surface area contributed by atoms with Crippen LogP contribution in [-0.2, 0) is 9.59 Å². The molecule has 2 heterocycles. The number of hydrogen-bond acceptors (Lipinski definition) is 7.